The van der Waals surface area contributed by atoms with Crippen LogP contribution in [0.1, 0.15) is 18.9 Å². The Morgan fingerprint density at radius 2 is 2.15 bits per heavy atom. The molecule has 6 heteroatoms. The highest BCUT2D eigenvalue weighted by Crippen LogP contribution is 2.13. The van der Waals surface area contributed by atoms with E-state index in [0.717, 1.165) is 12.1 Å². The zero-order chi connectivity index (χ0) is 15.2. The molecule has 112 valence electrons. The van der Waals surface area contributed by atoms with Gasteiger partial charge in [0.1, 0.15) is 11.6 Å². The molecule has 0 aromatic heterocycles. The number of benzene rings is 1. The number of carbonyl (C=O) groups excluding carboxylic acids is 1. The number of carbonyl (C=O) groups is 1. The number of aliphatic hydroxyl groups excluding tert-OH is 1. The summed E-state index contributed by atoms with van der Waals surface area (Å²) in [5.41, 5.74) is -0.607. The van der Waals surface area contributed by atoms with Crippen LogP contribution in [0, 0.1) is 11.6 Å². The Morgan fingerprint density at radius 3 is 2.70 bits per heavy atom. The highest BCUT2D eigenvalue weighted by molar-refractivity contribution is 5.79. The molecular weight excluding hydrogens is 268 g/mol. The van der Waals surface area contributed by atoms with Crippen molar-refractivity contribution in [1.82, 2.24) is 5.32 Å². The van der Waals surface area contributed by atoms with Crippen LogP contribution in [0.4, 0.5) is 8.78 Å². The van der Waals surface area contributed by atoms with Crippen molar-refractivity contribution in [2.24, 2.45) is 0 Å². The van der Waals surface area contributed by atoms with Crippen LogP contribution in [0.2, 0.25) is 0 Å². The summed E-state index contributed by atoms with van der Waals surface area (Å²) in [5, 5.41) is 11.7. The third kappa shape index (κ3) is 4.86. The van der Waals surface area contributed by atoms with Crippen LogP contribution in [0.15, 0.2) is 18.2 Å². The molecule has 0 saturated carbocycles. The molecule has 0 spiro atoms. The van der Waals surface area contributed by atoms with Gasteiger partial charge >= 0.3 is 0 Å². The number of nitrogens with one attached hydrogen (secondary N) is 1. The van der Waals surface area contributed by atoms with Gasteiger partial charge in [0, 0.05) is 19.8 Å². The minimum atomic E-state index is -0.754. The third-order valence-corrected chi connectivity index (χ3v) is 2.93. The summed E-state index contributed by atoms with van der Waals surface area (Å²) in [6.45, 7) is 1.85. The Bertz CT molecular complexity index is 460. The van der Waals surface area contributed by atoms with Crippen LogP contribution in [-0.2, 0) is 16.0 Å². The summed E-state index contributed by atoms with van der Waals surface area (Å²) in [6.07, 6.45) is 0.120. The van der Waals surface area contributed by atoms with Crippen molar-refractivity contribution in [3.63, 3.8) is 0 Å². The lowest BCUT2D eigenvalue weighted by molar-refractivity contribution is -0.123. The normalized spacial score (nSPS) is 13.8. The first-order chi connectivity index (χ1) is 9.40. The van der Waals surface area contributed by atoms with Gasteiger partial charge < -0.3 is 15.2 Å². The zero-order valence-corrected chi connectivity index (χ0v) is 11.6. The molecule has 0 heterocycles. The molecule has 0 aliphatic heterocycles. The Hall–Kier alpha value is -1.53. The monoisotopic (exact) mass is 287 g/mol. The van der Waals surface area contributed by atoms with E-state index in [4.69, 9.17) is 9.84 Å². The standard InChI is InChI=1S/C14H19F2NO3/c1-14(5-6-18,9-20-2)17-13(19)7-10-3-4-11(15)8-12(10)16/h3-4,8,18H,5-7,9H2,1-2H3,(H,17,19). The van der Waals surface area contributed by atoms with Gasteiger partial charge in [-0.3, -0.25) is 4.79 Å². The van der Waals surface area contributed by atoms with Gasteiger partial charge in [-0.1, -0.05) is 6.07 Å². The van der Waals surface area contributed by atoms with Gasteiger partial charge in [-0.15, -0.1) is 0 Å². The maximum Gasteiger partial charge on any atom is 0.225 e. The summed E-state index contributed by atoms with van der Waals surface area (Å²) in [7, 11) is 1.49. The SMILES string of the molecule is COCC(C)(CCO)NC(=O)Cc1ccc(F)cc1F. The van der Waals surface area contributed by atoms with E-state index < -0.39 is 23.1 Å². The van der Waals surface area contributed by atoms with Crippen molar-refractivity contribution in [2.45, 2.75) is 25.3 Å². The number of halogens is 2. The van der Waals surface area contributed by atoms with E-state index in [1.165, 1.54) is 13.2 Å². The highest BCUT2D eigenvalue weighted by atomic mass is 19.1. The molecule has 0 radical (unpaired) electrons. The van der Waals surface area contributed by atoms with Crippen molar-refractivity contribution in [3.05, 3.63) is 35.4 Å². The number of aliphatic hydroxyl groups is 1. The lowest BCUT2D eigenvalue weighted by atomic mass is 9.98. The van der Waals surface area contributed by atoms with E-state index in [1.54, 1.807) is 6.92 Å². The third-order valence-electron chi connectivity index (χ3n) is 2.93. The molecule has 1 aromatic carbocycles. The van der Waals surface area contributed by atoms with E-state index in [9.17, 15) is 13.6 Å². The fraction of sp³-hybridized carbons (Fsp3) is 0.500. The predicted molar refractivity (Wildman–Crippen MR) is 70.2 cm³/mol. The average Bonchev–Trinajstić information content (AvgIpc) is 2.33. The Kier molecular flexibility index (Phi) is 6.04. The van der Waals surface area contributed by atoms with Crippen molar-refractivity contribution in [1.29, 1.82) is 0 Å². The second-order valence-electron chi connectivity index (χ2n) is 4.93. The summed E-state index contributed by atoms with van der Waals surface area (Å²) >= 11 is 0. The van der Waals surface area contributed by atoms with Crippen molar-refractivity contribution < 1.29 is 23.4 Å². The second kappa shape index (κ2) is 7.31. The first-order valence-corrected chi connectivity index (χ1v) is 6.25. The number of hydrogen-bond acceptors (Lipinski definition) is 3. The quantitative estimate of drug-likeness (QED) is 0.797. The fourth-order valence-electron chi connectivity index (χ4n) is 1.95. The second-order valence-corrected chi connectivity index (χ2v) is 4.93. The molecule has 0 fully saturated rings. The number of ether oxygens (including phenoxy) is 1. The van der Waals surface area contributed by atoms with Gasteiger partial charge in [0.25, 0.3) is 0 Å². The van der Waals surface area contributed by atoms with Crippen molar-refractivity contribution in [3.8, 4) is 0 Å². The molecule has 0 aliphatic carbocycles. The van der Waals surface area contributed by atoms with Crippen LogP contribution < -0.4 is 5.32 Å². The molecule has 0 aliphatic rings. The molecule has 1 atom stereocenters. The van der Waals surface area contributed by atoms with Crippen LogP contribution in [0.5, 0.6) is 0 Å². The molecule has 1 aromatic rings. The lowest BCUT2D eigenvalue weighted by Crippen LogP contribution is -2.50. The largest absolute Gasteiger partial charge is 0.396 e. The first kappa shape index (κ1) is 16.5. The van der Waals surface area contributed by atoms with Gasteiger partial charge in [-0.2, -0.15) is 0 Å². The van der Waals surface area contributed by atoms with E-state index in [1.807, 2.05) is 0 Å². The van der Waals surface area contributed by atoms with Crippen LogP contribution >= 0.6 is 0 Å². The first-order valence-electron chi connectivity index (χ1n) is 6.25. The van der Waals surface area contributed by atoms with E-state index in [-0.39, 0.29) is 25.2 Å². The summed E-state index contributed by atoms with van der Waals surface area (Å²) in [6, 6.07) is 3.09. The minimum Gasteiger partial charge on any atom is -0.396 e. The lowest BCUT2D eigenvalue weighted by Gasteiger charge is -2.29. The Labute approximate surface area is 116 Å². The van der Waals surface area contributed by atoms with E-state index in [2.05, 4.69) is 5.32 Å². The van der Waals surface area contributed by atoms with Crippen LogP contribution in [0.3, 0.4) is 0 Å². The van der Waals surface area contributed by atoms with Gasteiger partial charge in [0.05, 0.1) is 18.6 Å². The summed E-state index contributed by atoms with van der Waals surface area (Å²) in [4.78, 5) is 11.9. The number of amides is 1. The molecule has 4 nitrogen and oxygen atoms in total. The summed E-state index contributed by atoms with van der Waals surface area (Å²) in [5.74, 6) is -1.85. The molecule has 0 bridgehead atoms. The number of hydrogen-bond donors (Lipinski definition) is 2. The smallest absolute Gasteiger partial charge is 0.225 e. The highest BCUT2D eigenvalue weighted by Gasteiger charge is 2.26. The number of rotatable bonds is 7. The molecule has 1 amide bonds. The molecule has 1 rings (SSSR count). The average molecular weight is 287 g/mol. The topological polar surface area (TPSA) is 58.6 Å². The number of methoxy groups -OCH3 is 1. The predicted octanol–water partition coefficient (Wildman–Crippen LogP) is 1.41. The zero-order valence-electron chi connectivity index (χ0n) is 11.6. The van der Waals surface area contributed by atoms with Crippen LogP contribution in [0.25, 0.3) is 0 Å². The van der Waals surface area contributed by atoms with Crippen molar-refractivity contribution >= 4 is 5.91 Å². The summed E-state index contributed by atoms with van der Waals surface area (Å²) < 4.78 is 31.2. The molecule has 1 unspecified atom stereocenters. The van der Waals surface area contributed by atoms with E-state index >= 15 is 0 Å². The van der Waals surface area contributed by atoms with Gasteiger partial charge in [0.15, 0.2) is 0 Å². The molecule has 20 heavy (non-hydrogen) atoms. The van der Waals surface area contributed by atoms with Crippen molar-refractivity contribution in [2.75, 3.05) is 20.3 Å². The van der Waals surface area contributed by atoms with Gasteiger partial charge in [-0.25, -0.2) is 8.78 Å². The van der Waals surface area contributed by atoms with Crippen LogP contribution in [-0.4, -0.2) is 36.9 Å². The van der Waals surface area contributed by atoms with E-state index in [0.29, 0.717) is 6.42 Å². The fourth-order valence-corrected chi connectivity index (χ4v) is 1.95. The van der Waals surface area contributed by atoms with Gasteiger partial charge in [0.2, 0.25) is 5.91 Å². The molecular formula is C14H19F2NO3. The van der Waals surface area contributed by atoms with Gasteiger partial charge in [-0.05, 0) is 25.0 Å². The minimum absolute atomic E-state index is 0.106. The maximum atomic E-state index is 13.5. The Morgan fingerprint density at radius 1 is 1.45 bits per heavy atom. The molecule has 2 N–H and O–H groups in total. The maximum absolute atomic E-state index is 13.5. The molecule has 0 saturated heterocycles. The Balaban J connectivity index is 2.70.